The number of fused-ring (bicyclic) bond motifs is 1. The Balaban J connectivity index is 1.85. The van der Waals surface area contributed by atoms with Crippen molar-refractivity contribution >= 4 is 17.3 Å². The minimum absolute atomic E-state index is 0.109. The predicted molar refractivity (Wildman–Crippen MR) is 82.5 cm³/mol. The maximum absolute atomic E-state index is 12.7. The van der Waals surface area contributed by atoms with Gasteiger partial charge >= 0.3 is 0 Å². The van der Waals surface area contributed by atoms with E-state index in [4.69, 9.17) is 4.74 Å². The molecular weight excluding hydrogens is 276 g/mol. The molecule has 0 atom stereocenters. The van der Waals surface area contributed by atoms with E-state index in [2.05, 4.69) is 0 Å². The minimum atomic E-state index is -0.117. The summed E-state index contributed by atoms with van der Waals surface area (Å²) in [5.41, 5.74) is 2.73. The third-order valence-corrected chi connectivity index (χ3v) is 3.97. The van der Waals surface area contributed by atoms with Gasteiger partial charge in [-0.25, -0.2) is 0 Å². The van der Waals surface area contributed by atoms with Gasteiger partial charge in [0.2, 0.25) is 0 Å². The van der Waals surface area contributed by atoms with Crippen LogP contribution in [0.2, 0.25) is 0 Å². The molecule has 0 amide bonds. The molecule has 2 aromatic rings. The van der Waals surface area contributed by atoms with Gasteiger partial charge < -0.3 is 4.74 Å². The molecule has 0 N–H and O–H groups in total. The third kappa shape index (κ3) is 1.83. The summed E-state index contributed by atoms with van der Waals surface area (Å²) in [6.07, 6.45) is 1.68. The molecule has 0 unspecified atom stereocenters. The maximum Gasteiger partial charge on any atom is 0.194 e. The van der Waals surface area contributed by atoms with Gasteiger partial charge in [-0.2, -0.15) is 0 Å². The fraction of sp³-hybridized carbons (Fsp3) is 0.0526. The topological polar surface area (TPSA) is 43.4 Å². The second-order valence-corrected chi connectivity index (χ2v) is 5.26. The van der Waals surface area contributed by atoms with Gasteiger partial charge in [-0.1, -0.05) is 54.6 Å². The van der Waals surface area contributed by atoms with E-state index in [1.165, 1.54) is 0 Å². The first kappa shape index (κ1) is 12.8. The average Bonchev–Trinajstić information content (AvgIpc) is 2.60. The van der Waals surface area contributed by atoms with E-state index >= 15 is 0 Å². The Kier molecular flexibility index (Phi) is 2.79. The highest BCUT2D eigenvalue weighted by atomic mass is 16.5. The number of carbonyl (C=O) groups excluding carboxylic acids is 2. The zero-order chi connectivity index (χ0) is 15.1. The van der Waals surface area contributed by atoms with Crippen LogP contribution in [0.4, 0.5) is 0 Å². The van der Waals surface area contributed by atoms with Gasteiger partial charge in [0.15, 0.2) is 11.6 Å². The third-order valence-electron chi connectivity index (χ3n) is 3.97. The molecule has 0 saturated carbocycles. The lowest BCUT2D eigenvalue weighted by molar-refractivity contribution is 0.0961. The average molecular weight is 288 g/mol. The van der Waals surface area contributed by atoms with Gasteiger partial charge in [0.1, 0.15) is 12.4 Å². The minimum Gasteiger partial charge on any atom is -0.488 e. The van der Waals surface area contributed by atoms with Crippen molar-refractivity contribution in [1.82, 2.24) is 0 Å². The smallest absolute Gasteiger partial charge is 0.194 e. The SMILES string of the molecule is O=C1C2=C(COC(c3ccccc3)=C2)C(=O)c2ccccc21. The Hall–Kier alpha value is -2.94. The van der Waals surface area contributed by atoms with Crippen LogP contribution in [0, 0.1) is 0 Å². The number of carbonyl (C=O) groups is 2. The molecule has 22 heavy (non-hydrogen) atoms. The Labute approximate surface area is 127 Å². The van der Waals surface area contributed by atoms with E-state index in [0.29, 0.717) is 28.0 Å². The standard InChI is InChI=1S/C19H12O3/c20-18-13-8-4-5-9-14(13)19(21)16-11-22-17(10-15(16)18)12-6-2-1-3-7-12/h1-10H,11H2. The molecule has 2 aromatic carbocycles. The molecule has 4 rings (SSSR count). The number of allylic oxidation sites excluding steroid dienone is 2. The normalized spacial score (nSPS) is 16.6. The Morgan fingerprint density at radius 2 is 1.41 bits per heavy atom. The quantitative estimate of drug-likeness (QED) is 0.807. The first-order valence-corrected chi connectivity index (χ1v) is 7.07. The lowest BCUT2D eigenvalue weighted by Crippen LogP contribution is -2.26. The van der Waals surface area contributed by atoms with Crippen molar-refractivity contribution in [3.63, 3.8) is 0 Å². The second-order valence-electron chi connectivity index (χ2n) is 5.26. The first-order chi connectivity index (χ1) is 10.8. The lowest BCUT2D eigenvalue weighted by Gasteiger charge is -2.24. The molecule has 2 aliphatic rings. The molecule has 3 heteroatoms. The molecular formula is C19H12O3. The summed E-state index contributed by atoms with van der Waals surface area (Å²) in [6.45, 7) is 0.134. The van der Waals surface area contributed by atoms with Crippen LogP contribution in [0.1, 0.15) is 26.3 Å². The molecule has 1 aliphatic heterocycles. The predicted octanol–water partition coefficient (Wildman–Crippen LogP) is 3.43. The summed E-state index contributed by atoms with van der Waals surface area (Å²) < 4.78 is 5.70. The van der Waals surface area contributed by atoms with Crippen molar-refractivity contribution in [1.29, 1.82) is 0 Å². The van der Waals surface area contributed by atoms with E-state index in [-0.39, 0.29) is 18.2 Å². The molecule has 106 valence electrons. The molecule has 0 spiro atoms. The van der Waals surface area contributed by atoms with Crippen LogP contribution in [0.5, 0.6) is 0 Å². The van der Waals surface area contributed by atoms with Crippen LogP contribution in [0.15, 0.2) is 71.8 Å². The maximum atomic E-state index is 12.7. The van der Waals surface area contributed by atoms with Crippen molar-refractivity contribution in [3.05, 3.63) is 88.5 Å². The van der Waals surface area contributed by atoms with Crippen molar-refractivity contribution in [3.8, 4) is 0 Å². The van der Waals surface area contributed by atoms with Gasteiger partial charge in [0.05, 0.1) is 0 Å². The fourth-order valence-corrected chi connectivity index (χ4v) is 2.83. The van der Waals surface area contributed by atoms with Crippen molar-refractivity contribution in [2.24, 2.45) is 0 Å². The van der Waals surface area contributed by atoms with Crippen LogP contribution in [0.3, 0.4) is 0 Å². The molecule has 0 aromatic heterocycles. The van der Waals surface area contributed by atoms with Gasteiger partial charge in [-0.15, -0.1) is 0 Å². The number of hydrogen-bond acceptors (Lipinski definition) is 3. The summed E-state index contributed by atoms with van der Waals surface area (Å²) in [6, 6.07) is 16.5. The Morgan fingerprint density at radius 1 is 0.773 bits per heavy atom. The fourth-order valence-electron chi connectivity index (χ4n) is 2.83. The Morgan fingerprint density at radius 3 is 2.14 bits per heavy atom. The second kappa shape index (κ2) is 4.81. The number of Topliss-reactive ketones (excluding diaryl/α,β-unsaturated/α-hetero) is 2. The number of hydrogen-bond donors (Lipinski definition) is 0. The monoisotopic (exact) mass is 288 g/mol. The highest BCUT2D eigenvalue weighted by Crippen LogP contribution is 2.33. The summed E-state index contributed by atoms with van der Waals surface area (Å²) >= 11 is 0. The molecule has 1 aliphatic carbocycles. The summed E-state index contributed by atoms with van der Waals surface area (Å²) in [5.74, 6) is 0.398. The van der Waals surface area contributed by atoms with Crippen LogP contribution >= 0.6 is 0 Å². The summed E-state index contributed by atoms with van der Waals surface area (Å²) in [7, 11) is 0. The molecule has 0 radical (unpaired) electrons. The van der Waals surface area contributed by atoms with Gasteiger partial charge in [-0.05, 0) is 6.08 Å². The van der Waals surface area contributed by atoms with Gasteiger partial charge in [0.25, 0.3) is 0 Å². The van der Waals surface area contributed by atoms with Crippen molar-refractivity contribution in [2.75, 3.05) is 6.61 Å². The van der Waals surface area contributed by atoms with E-state index in [1.807, 2.05) is 30.3 Å². The number of ketones is 2. The molecule has 0 bridgehead atoms. The molecule has 3 nitrogen and oxygen atoms in total. The lowest BCUT2D eigenvalue weighted by atomic mass is 9.83. The van der Waals surface area contributed by atoms with E-state index in [0.717, 1.165) is 5.56 Å². The van der Waals surface area contributed by atoms with E-state index in [9.17, 15) is 9.59 Å². The Bertz CT molecular complexity index is 857. The van der Waals surface area contributed by atoms with Crippen molar-refractivity contribution < 1.29 is 14.3 Å². The van der Waals surface area contributed by atoms with Crippen molar-refractivity contribution in [2.45, 2.75) is 0 Å². The van der Waals surface area contributed by atoms with Crippen LogP contribution in [0.25, 0.3) is 5.76 Å². The van der Waals surface area contributed by atoms with E-state index in [1.54, 1.807) is 30.3 Å². The summed E-state index contributed by atoms with van der Waals surface area (Å²) in [5, 5.41) is 0. The zero-order valence-corrected chi connectivity index (χ0v) is 11.7. The number of rotatable bonds is 1. The summed E-state index contributed by atoms with van der Waals surface area (Å²) in [4.78, 5) is 25.2. The molecule has 1 heterocycles. The van der Waals surface area contributed by atoms with Crippen LogP contribution in [-0.2, 0) is 4.74 Å². The largest absolute Gasteiger partial charge is 0.488 e. The van der Waals surface area contributed by atoms with Gasteiger partial charge in [0, 0.05) is 27.8 Å². The van der Waals surface area contributed by atoms with Crippen LogP contribution in [-0.4, -0.2) is 18.2 Å². The van der Waals surface area contributed by atoms with Gasteiger partial charge in [-0.3, -0.25) is 9.59 Å². The number of benzene rings is 2. The highest BCUT2D eigenvalue weighted by molar-refractivity contribution is 6.28. The zero-order valence-electron chi connectivity index (χ0n) is 11.7. The van der Waals surface area contributed by atoms with E-state index < -0.39 is 0 Å². The molecule has 0 saturated heterocycles. The van der Waals surface area contributed by atoms with Crippen LogP contribution < -0.4 is 0 Å². The highest BCUT2D eigenvalue weighted by Gasteiger charge is 2.33. The first-order valence-electron chi connectivity index (χ1n) is 7.07. The number of ether oxygens (including phenoxy) is 1. The molecule has 0 fully saturated rings.